The van der Waals surface area contributed by atoms with Gasteiger partial charge in [0.2, 0.25) is 5.91 Å². The number of piperidine rings is 1. The molecule has 1 aliphatic carbocycles. The van der Waals surface area contributed by atoms with E-state index in [2.05, 4.69) is 23.6 Å². The van der Waals surface area contributed by atoms with Crippen molar-refractivity contribution in [2.45, 2.75) is 64.3 Å². The Bertz CT molecular complexity index is 341. The summed E-state index contributed by atoms with van der Waals surface area (Å²) in [6.07, 6.45) is 8.44. The molecular formula is C17H33N3O. The number of amides is 1. The number of likely N-dealkylation sites (tertiary alicyclic amines) is 1. The van der Waals surface area contributed by atoms with Crippen LogP contribution in [0.25, 0.3) is 0 Å². The van der Waals surface area contributed by atoms with Crippen LogP contribution in [0.2, 0.25) is 0 Å². The molecule has 122 valence electrons. The van der Waals surface area contributed by atoms with E-state index in [-0.39, 0.29) is 5.54 Å². The zero-order valence-electron chi connectivity index (χ0n) is 13.9. The van der Waals surface area contributed by atoms with Crippen LogP contribution in [0.3, 0.4) is 0 Å². The Balaban J connectivity index is 2.01. The Morgan fingerprint density at radius 1 is 1.29 bits per heavy atom. The monoisotopic (exact) mass is 295 g/mol. The van der Waals surface area contributed by atoms with Gasteiger partial charge in [-0.2, -0.15) is 0 Å². The summed E-state index contributed by atoms with van der Waals surface area (Å²) >= 11 is 0. The topological polar surface area (TPSA) is 49.6 Å². The molecule has 0 bridgehead atoms. The SMILES string of the molecule is CCN(CC(=O)N1CCCCC1)C1(CN)CCCC(C)C1. The van der Waals surface area contributed by atoms with Crippen LogP contribution < -0.4 is 5.73 Å². The molecule has 4 nitrogen and oxygen atoms in total. The summed E-state index contributed by atoms with van der Waals surface area (Å²) in [5.41, 5.74) is 6.22. The number of hydrogen-bond donors (Lipinski definition) is 1. The lowest BCUT2D eigenvalue weighted by atomic mass is 9.75. The lowest BCUT2D eigenvalue weighted by Gasteiger charge is -2.47. The molecule has 2 N–H and O–H groups in total. The maximum absolute atomic E-state index is 12.6. The summed E-state index contributed by atoms with van der Waals surface area (Å²) in [4.78, 5) is 17.0. The fourth-order valence-electron chi connectivity index (χ4n) is 4.26. The van der Waals surface area contributed by atoms with Crippen LogP contribution in [0.5, 0.6) is 0 Å². The van der Waals surface area contributed by atoms with Gasteiger partial charge in [-0.05, 0) is 44.6 Å². The molecule has 0 spiro atoms. The average molecular weight is 295 g/mol. The third kappa shape index (κ3) is 3.98. The first kappa shape index (κ1) is 16.8. The molecule has 2 fully saturated rings. The maximum Gasteiger partial charge on any atom is 0.236 e. The van der Waals surface area contributed by atoms with Gasteiger partial charge in [-0.15, -0.1) is 0 Å². The number of nitrogens with zero attached hydrogens (tertiary/aromatic N) is 2. The molecule has 2 rings (SSSR count). The lowest BCUT2D eigenvalue weighted by Crippen LogP contribution is -2.58. The van der Waals surface area contributed by atoms with Crippen molar-refractivity contribution in [3.63, 3.8) is 0 Å². The average Bonchev–Trinajstić information content (AvgIpc) is 2.53. The smallest absolute Gasteiger partial charge is 0.236 e. The van der Waals surface area contributed by atoms with Crippen LogP contribution in [0.1, 0.15) is 58.8 Å². The highest BCUT2D eigenvalue weighted by Crippen LogP contribution is 2.36. The second kappa shape index (κ2) is 7.59. The number of hydrogen-bond acceptors (Lipinski definition) is 3. The molecular weight excluding hydrogens is 262 g/mol. The Kier molecular flexibility index (Phi) is 6.06. The van der Waals surface area contributed by atoms with Gasteiger partial charge in [-0.3, -0.25) is 9.69 Å². The molecule has 1 saturated heterocycles. The van der Waals surface area contributed by atoms with Gasteiger partial charge < -0.3 is 10.6 Å². The van der Waals surface area contributed by atoms with Crippen LogP contribution in [-0.4, -0.2) is 54.0 Å². The van der Waals surface area contributed by atoms with E-state index in [9.17, 15) is 4.79 Å². The number of rotatable bonds is 5. The van der Waals surface area contributed by atoms with Crippen molar-refractivity contribution >= 4 is 5.91 Å². The molecule has 0 aromatic rings. The molecule has 0 aromatic carbocycles. The highest BCUT2D eigenvalue weighted by molar-refractivity contribution is 5.78. The Hall–Kier alpha value is -0.610. The molecule has 4 heteroatoms. The first-order valence-electron chi connectivity index (χ1n) is 8.84. The molecule has 0 aromatic heterocycles. The number of likely N-dealkylation sites (N-methyl/N-ethyl adjacent to an activating group) is 1. The van der Waals surface area contributed by atoms with E-state index >= 15 is 0 Å². The van der Waals surface area contributed by atoms with Crippen molar-refractivity contribution in [1.82, 2.24) is 9.80 Å². The zero-order valence-corrected chi connectivity index (χ0v) is 13.9. The predicted molar refractivity (Wildman–Crippen MR) is 87.1 cm³/mol. The first-order valence-corrected chi connectivity index (χ1v) is 8.84. The van der Waals surface area contributed by atoms with Crippen molar-refractivity contribution in [1.29, 1.82) is 0 Å². The number of carbonyl (C=O) groups excluding carboxylic acids is 1. The van der Waals surface area contributed by atoms with Gasteiger partial charge >= 0.3 is 0 Å². The van der Waals surface area contributed by atoms with Gasteiger partial charge in [-0.1, -0.05) is 26.7 Å². The van der Waals surface area contributed by atoms with Crippen molar-refractivity contribution in [3.05, 3.63) is 0 Å². The molecule has 2 aliphatic rings. The molecule has 1 amide bonds. The summed E-state index contributed by atoms with van der Waals surface area (Å²) in [7, 11) is 0. The van der Waals surface area contributed by atoms with Crippen LogP contribution in [0, 0.1) is 5.92 Å². The van der Waals surface area contributed by atoms with Crippen molar-refractivity contribution < 1.29 is 4.79 Å². The number of carbonyl (C=O) groups is 1. The largest absolute Gasteiger partial charge is 0.342 e. The second-order valence-corrected chi connectivity index (χ2v) is 7.09. The van der Waals surface area contributed by atoms with Gasteiger partial charge in [0.15, 0.2) is 0 Å². The van der Waals surface area contributed by atoms with Gasteiger partial charge in [0, 0.05) is 25.2 Å². The molecule has 21 heavy (non-hydrogen) atoms. The van der Waals surface area contributed by atoms with Gasteiger partial charge in [0.1, 0.15) is 0 Å². The summed E-state index contributed by atoms with van der Waals surface area (Å²) in [6.45, 7) is 8.54. The van der Waals surface area contributed by atoms with Crippen molar-refractivity contribution in [3.8, 4) is 0 Å². The van der Waals surface area contributed by atoms with E-state index in [4.69, 9.17) is 5.73 Å². The molecule has 0 radical (unpaired) electrons. The minimum Gasteiger partial charge on any atom is -0.342 e. The summed E-state index contributed by atoms with van der Waals surface area (Å²) in [6, 6.07) is 0. The predicted octanol–water partition coefficient (Wildman–Crippen LogP) is 2.23. The Labute approximate surface area is 130 Å². The Morgan fingerprint density at radius 2 is 2.00 bits per heavy atom. The van der Waals surface area contributed by atoms with E-state index in [1.54, 1.807) is 0 Å². The quantitative estimate of drug-likeness (QED) is 0.846. The van der Waals surface area contributed by atoms with Crippen molar-refractivity contribution in [2.24, 2.45) is 11.7 Å². The van der Waals surface area contributed by atoms with E-state index in [1.165, 1.54) is 19.3 Å². The fraction of sp³-hybridized carbons (Fsp3) is 0.941. The van der Waals surface area contributed by atoms with Crippen LogP contribution in [0.15, 0.2) is 0 Å². The van der Waals surface area contributed by atoms with Gasteiger partial charge in [0.05, 0.1) is 6.54 Å². The lowest BCUT2D eigenvalue weighted by molar-refractivity contribution is -0.135. The summed E-state index contributed by atoms with van der Waals surface area (Å²) in [5.74, 6) is 1.03. The molecule has 1 heterocycles. The van der Waals surface area contributed by atoms with Gasteiger partial charge in [0.25, 0.3) is 0 Å². The minimum absolute atomic E-state index is 0.0534. The van der Waals surface area contributed by atoms with E-state index in [1.807, 2.05) is 0 Å². The highest BCUT2D eigenvalue weighted by Gasteiger charge is 2.39. The summed E-state index contributed by atoms with van der Waals surface area (Å²) in [5, 5.41) is 0. The third-order valence-corrected chi connectivity index (χ3v) is 5.53. The second-order valence-electron chi connectivity index (χ2n) is 7.09. The Morgan fingerprint density at radius 3 is 2.57 bits per heavy atom. The van der Waals surface area contributed by atoms with Crippen LogP contribution in [-0.2, 0) is 4.79 Å². The van der Waals surface area contributed by atoms with E-state index in [0.717, 1.165) is 51.2 Å². The minimum atomic E-state index is 0.0534. The van der Waals surface area contributed by atoms with Gasteiger partial charge in [-0.25, -0.2) is 0 Å². The summed E-state index contributed by atoms with van der Waals surface area (Å²) < 4.78 is 0. The van der Waals surface area contributed by atoms with Crippen LogP contribution in [0.4, 0.5) is 0 Å². The number of nitrogens with two attached hydrogens (primary N) is 1. The normalized spacial score (nSPS) is 30.7. The van der Waals surface area contributed by atoms with E-state index < -0.39 is 0 Å². The fourth-order valence-corrected chi connectivity index (χ4v) is 4.26. The third-order valence-electron chi connectivity index (χ3n) is 5.53. The molecule has 1 aliphatic heterocycles. The molecule has 1 saturated carbocycles. The maximum atomic E-state index is 12.6. The van der Waals surface area contributed by atoms with E-state index in [0.29, 0.717) is 19.0 Å². The molecule has 2 unspecified atom stereocenters. The first-order chi connectivity index (χ1) is 10.1. The standard InChI is InChI=1S/C17H33N3O/c1-3-20(13-16(21)19-10-5-4-6-11-19)17(14-18)9-7-8-15(2)12-17/h15H,3-14,18H2,1-2H3. The van der Waals surface area contributed by atoms with Crippen LogP contribution >= 0.6 is 0 Å². The molecule has 2 atom stereocenters. The van der Waals surface area contributed by atoms with Crippen molar-refractivity contribution in [2.75, 3.05) is 32.7 Å². The zero-order chi connectivity index (χ0) is 15.3. The highest BCUT2D eigenvalue weighted by atomic mass is 16.2.